The van der Waals surface area contributed by atoms with Crippen molar-refractivity contribution in [3.05, 3.63) is 48.8 Å². The van der Waals surface area contributed by atoms with E-state index in [1.54, 1.807) is 24.0 Å². The Morgan fingerprint density at radius 1 is 1.12 bits per heavy atom. The summed E-state index contributed by atoms with van der Waals surface area (Å²) in [4.78, 5) is 13.5. The molecule has 3 aromatic heterocycles. The molecule has 24 heavy (non-hydrogen) atoms. The fraction of sp³-hybridized carbons (Fsp3) is 0.176. The second-order valence-corrected chi connectivity index (χ2v) is 5.28. The molecule has 4 rings (SSSR count). The minimum atomic E-state index is 0.583. The first-order valence-electron chi connectivity index (χ1n) is 7.65. The van der Waals surface area contributed by atoms with Crippen LogP contribution in [0, 0.1) is 0 Å². The Kier molecular flexibility index (Phi) is 3.76. The highest BCUT2D eigenvalue weighted by molar-refractivity contribution is 5.92. The predicted octanol–water partition coefficient (Wildman–Crippen LogP) is 2.40. The standard InChI is InChI=1S/C17H16N6O/c1-24-10-9-19-17-20-14-7-3-2-6-13(14)16-21-15(22-23(16)17)12-5-4-8-18-11-12/h2-8,11H,9-10H2,1H3,(H,19,20). The minimum Gasteiger partial charge on any atom is -0.383 e. The highest BCUT2D eigenvalue weighted by atomic mass is 16.5. The van der Waals surface area contributed by atoms with E-state index in [-0.39, 0.29) is 0 Å². The summed E-state index contributed by atoms with van der Waals surface area (Å²) in [6.07, 6.45) is 3.48. The van der Waals surface area contributed by atoms with Crippen molar-refractivity contribution < 1.29 is 4.74 Å². The van der Waals surface area contributed by atoms with Crippen molar-refractivity contribution >= 4 is 22.5 Å². The number of anilines is 1. The van der Waals surface area contributed by atoms with Crippen molar-refractivity contribution in [1.29, 1.82) is 0 Å². The summed E-state index contributed by atoms with van der Waals surface area (Å²) in [5.74, 6) is 1.26. The molecule has 7 nitrogen and oxygen atoms in total. The highest BCUT2D eigenvalue weighted by Crippen LogP contribution is 2.23. The lowest BCUT2D eigenvalue weighted by Crippen LogP contribution is -2.13. The average molecular weight is 320 g/mol. The third kappa shape index (κ3) is 2.55. The summed E-state index contributed by atoms with van der Waals surface area (Å²) >= 11 is 0. The number of nitrogens with one attached hydrogen (secondary N) is 1. The first-order chi connectivity index (χ1) is 11.9. The van der Waals surface area contributed by atoms with Crippen LogP contribution in [0.4, 0.5) is 5.95 Å². The number of aromatic nitrogens is 5. The Balaban J connectivity index is 1.91. The molecule has 1 aromatic carbocycles. The average Bonchev–Trinajstić information content (AvgIpc) is 3.09. The maximum atomic E-state index is 5.09. The largest absolute Gasteiger partial charge is 0.383 e. The molecule has 7 heteroatoms. The number of nitrogens with zero attached hydrogens (tertiary/aromatic N) is 5. The van der Waals surface area contributed by atoms with Crippen LogP contribution in [0.2, 0.25) is 0 Å². The number of rotatable bonds is 5. The van der Waals surface area contributed by atoms with Gasteiger partial charge < -0.3 is 10.1 Å². The van der Waals surface area contributed by atoms with Crippen molar-refractivity contribution in [2.75, 3.05) is 25.6 Å². The normalized spacial score (nSPS) is 11.2. The van der Waals surface area contributed by atoms with Crippen molar-refractivity contribution in [3.63, 3.8) is 0 Å². The molecule has 3 heterocycles. The summed E-state index contributed by atoms with van der Waals surface area (Å²) < 4.78 is 6.83. The van der Waals surface area contributed by atoms with Crippen LogP contribution in [-0.2, 0) is 4.74 Å². The Morgan fingerprint density at radius 2 is 2.04 bits per heavy atom. The molecule has 0 atom stereocenters. The maximum absolute atomic E-state index is 5.09. The first-order valence-corrected chi connectivity index (χ1v) is 7.65. The number of para-hydroxylation sites is 1. The van der Waals surface area contributed by atoms with Crippen molar-refractivity contribution in [3.8, 4) is 11.4 Å². The van der Waals surface area contributed by atoms with Crippen molar-refractivity contribution in [1.82, 2.24) is 24.6 Å². The van der Waals surface area contributed by atoms with Crippen LogP contribution in [0.1, 0.15) is 0 Å². The molecule has 0 spiro atoms. The lowest BCUT2D eigenvalue weighted by Gasteiger charge is -2.08. The second kappa shape index (κ2) is 6.21. The quantitative estimate of drug-likeness (QED) is 0.569. The van der Waals surface area contributed by atoms with Gasteiger partial charge in [-0.3, -0.25) is 4.98 Å². The van der Waals surface area contributed by atoms with Crippen molar-refractivity contribution in [2.24, 2.45) is 0 Å². The van der Waals surface area contributed by atoms with E-state index < -0.39 is 0 Å². The second-order valence-electron chi connectivity index (χ2n) is 5.28. The molecule has 0 saturated carbocycles. The van der Waals surface area contributed by atoms with Gasteiger partial charge in [0, 0.05) is 37.0 Å². The van der Waals surface area contributed by atoms with Gasteiger partial charge in [0.2, 0.25) is 5.95 Å². The smallest absolute Gasteiger partial charge is 0.226 e. The molecule has 0 aliphatic heterocycles. The number of pyridine rings is 1. The number of hydrogen-bond acceptors (Lipinski definition) is 6. The van der Waals surface area contributed by atoms with Gasteiger partial charge in [-0.05, 0) is 24.3 Å². The van der Waals surface area contributed by atoms with Crippen molar-refractivity contribution in [2.45, 2.75) is 0 Å². The first kappa shape index (κ1) is 14.5. The van der Waals surface area contributed by atoms with Gasteiger partial charge in [-0.15, -0.1) is 5.10 Å². The molecule has 0 bridgehead atoms. The minimum absolute atomic E-state index is 0.583. The fourth-order valence-corrected chi connectivity index (χ4v) is 2.55. The number of benzene rings is 1. The molecule has 1 N–H and O–H groups in total. The topological polar surface area (TPSA) is 77.2 Å². The molecular weight excluding hydrogens is 304 g/mol. The van der Waals surface area contributed by atoms with Gasteiger partial charge in [0.1, 0.15) is 0 Å². The lowest BCUT2D eigenvalue weighted by molar-refractivity contribution is 0.210. The Morgan fingerprint density at radius 3 is 2.88 bits per heavy atom. The monoisotopic (exact) mass is 320 g/mol. The van der Waals surface area contributed by atoms with Crippen LogP contribution >= 0.6 is 0 Å². The number of hydrogen-bond donors (Lipinski definition) is 1. The third-order valence-electron chi connectivity index (χ3n) is 3.69. The zero-order valence-electron chi connectivity index (χ0n) is 13.2. The van der Waals surface area contributed by atoms with E-state index in [1.165, 1.54) is 0 Å². The molecule has 0 unspecified atom stereocenters. The fourth-order valence-electron chi connectivity index (χ4n) is 2.55. The summed E-state index contributed by atoms with van der Waals surface area (Å²) in [7, 11) is 1.67. The molecule has 0 aliphatic rings. The SMILES string of the molecule is COCCNc1nc2ccccc2c2nc(-c3cccnc3)nn12. The molecule has 0 aliphatic carbocycles. The van der Waals surface area contributed by atoms with Gasteiger partial charge in [0.15, 0.2) is 11.5 Å². The van der Waals surface area contributed by atoms with Crippen LogP contribution < -0.4 is 5.32 Å². The molecule has 0 fully saturated rings. The number of ether oxygens (including phenoxy) is 1. The highest BCUT2D eigenvalue weighted by Gasteiger charge is 2.14. The van der Waals surface area contributed by atoms with E-state index in [4.69, 9.17) is 9.72 Å². The molecule has 120 valence electrons. The zero-order chi connectivity index (χ0) is 16.4. The van der Waals surface area contributed by atoms with Gasteiger partial charge in [0.25, 0.3) is 0 Å². The van der Waals surface area contributed by atoms with E-state index >= 15 is 0 Å². The van der Waals surface area contributed by atoms with E-state index in [2.05, 4.69) is 20.4 Å². The number of fused-ring (bicyclic) bond motifs is 3. The summed E-state index contributed by atoms with van der Waals surface area (Å²) in [6.45, 7) is 1.22. The van der Waals surface area contributed by atoms with Crippen LogP contribution in [0.25, 0.3) is 27.9 Å². The van der Waals surface area contributed by atoms with Gasteiger partial charge in [-0.1, -0.05) is 12.1 Å². The van der Waals surface area contributed by atoms with E-state index in [0.717, 1.165) is 22.1 Å². The lowest BCUT2D eigenvalue weighted by atomic mass is 10.2. The van der Waals surface area contributed by atoms with Crippen LogP contribution in [-0.4, -0.2) is 44.8 Å². The number of methoxy groups -OCH3 is 1. The van der Waals surface area contributed by atoms with Crippen LogP contribution in [0.5, 0.6) is 0 Å². The molecule has 0 amide bonds. The van der Waals surface area contributed by atoms with Crippen LogP contribution in [0.15, 0.2) is 48.8 Å². The molecular formula is C17H16N6O. The Bertz CT molecular complexity index is 982. The van der Waals surface area contributed by atoms with Crippen LogP contribution in [0.3, 0.4) is 0 Å². The zero-order valence-corrected chi connectivity index (χ0v) is 13.2. The predicted molar refractivity (Wildman–Crippen MR) is 91.9 cm³/mol. The summed E-state index contributed by atoms with van der Waals surface area (Å²) in [6, 6.07) is 11.7. The summed E-state index contributed by atoms with van der Waals surface area (Å²) in [5.41, 5.74) is 2.50. The summed E-state index contributed by atoms with van der Waals surface area (Å²) in [5, 5.41) is 8.82. The van der Waals surface area contributed by atoms with Gasteiger partial charge in [0.05, 0.1) is 12.1 Å². The third-order valence-corrected chi connectivity index (χ3v) is 3.69. The maximum Gasteiger partial charge on any atom is 0.226 e. The molecule has 0 radical (unpaired) electrons. The van der Waals surface area contributed by atoms with E-state index in [1.807, 2.05) is 36.4 Å². The van der Waals surface area contributed by atoms with Gasteiger partial charge in [-0.25, -0.2) is 9.97 Å². The Labute approximate surface area is 138 Å². The molecule has 4 aromatic rings. The van der Waals surface area contributed by atoms with Gasteiger partial charge >= 0.3 is 0 Å². The van der Waals surface area contributed by atoms with Gasteiger partial charge in [-0.2, -0.15) is 4.52 Å². The van der Waals surface area contributed by atoms with E-state index in [9.17, 15) is 0 Å². The van der Waals surface area contributed by atoms with E-state index in [0.29, 0.717) is 24.9 Å². The Hall–Kier alpha value is -3.06. The molecule has 0 saturated heterocycles.